The van der Waals surface area contributed by atoms with Crippen molar-refractivity contribution in [2.75, 3.05) is 4.90 Å². The average Bonchev–Trinajstić information content (AvgIpc) is 3.39. The fraction of sp³-hybridized carbons (Fsp3) is 0.0476. The van der Waals surface area contributed by atoms with Crippen LogP contribution in [0.1, 0.15) is 16.1 Å². The summed E-state index contributed by atoms with van der Waals surface area (Å²) in [5, 5.41) is 4.21. The molecule has 2 aromatic heterocycles. The summed E-state index contributed by atoms with van der Waals surface area (Å²) < 4.78 is 34.6. The van der Waals surface area contributed by atoms with Gasteiger partial charge in [-0.05, 0) is 36.4 Å². The first-order chi connectivity index (χ1) is 13.6. The molecule has 0 aliphatic carbocycles. The average molecular weight is 379 g/mol. The van der Waals surface area contributed by atoms with Gasteiger partial charge in [-0.25, -0.2) is 13.5 Å². The number of halogens is 2. The molecule has 0 aliphatic rings. The smallest absolute Gasteiger partial charge is 0.261 e. The topological polar surface area (TPSA) is 51.3 Å². The van der Waals surface area contributed by atoms with Crippen LogP contribution >= 0.6 is 0 Å². The summed E-state index contributed by atoms with van der Waals surface area (Å²) in [4.78, 5) is 14.3. The number of hydrogen-bond donors (Lipinski definition) is 0. The van der Waals surface area contributed by atoms with Gasteiger partial charge in [-0.2, -0.15) is 5.10 Å². The molecule has 0 N–H and O–H groups in total. The Hall–Kier alpha value is -3.74. The van der Waals surface area contributed by atoms with Crippen LogP contribution in [0, 0.1) is 11.6 Å². The maximum Gasteiger partial charge on any atom is 0.261 e. The number of aromatic nitrogens is 2. The van der Waals surface area contributed by atoms with Gasteiger partial charge in [0.25, 0.3) is 5.91 Å². The number of furan rings is 1. The molecule has 0 fully saturated rings. The molecule has 0 aliphatic heterocycles. The van der Waals surface area contributed by atoms with Crippen LogP contribution in [0.2, 0.25) is 0 Å². The second-order valence-electron chi connectivity index (χ2n) is 6.08. The first-order valence-corrected chi connectivity index (χ1v) is 8.51. The Bertz CT molecular complexity index is 1090. The van der Waals surface area contributed by atoms with Crippen molar-refractivity contribution in [2.24, 2.45) is 0 Å². The van der Waals surface area contributed by atoms with E-state index in [1.165, 1.54) is 23.4 Å². The second kappa shape index (κ2) is 7.48. The number of carbonyl (C=O) groups excluding carboxylic acids is 1. The Morgan fingerprint density at radius 1 is 1.07 bits per heavy atom. The number of carbonyl (C=O) groups is 1. The minimum Gasteiger partial charge on any atom is -0.467 e. The highest BCUT2D eigenvalue weighted by atomic mass is 19.1. The van der Waals surface area contributed by atoms with Crippen molar-refractivity contribution >= 4 is 11.6 Å². The predicted octanol–water partition coefficient (Wildman–Crippen LogP) is 4.59. The van der Waals surface area contributed by atoms with Crippen LogP contribution in [0.5, 0.6) is 0 Å². The summed E-state index contributed by atoms with van der Waals surface area (Å²) >= 11 is 0. The summed E-state index contributed by atoms with van der Waals surface area (Å²) in [6, 6.07) is 15.7. The van der Waals surface area contributed by atoms with Crippen molar-refractivity contribution in [3.05, 3.63) is 102 Å². The van der Waals surface area contributed by atoms with E-state index in [1.807, 2.05) is 30.3 Å². The fourth-order valence-corrected chi connectivity index (χ4v) is 2.84. The first-order valence-electron chi connectivity index (χ1n) is 8.51. The summed E-state index contributed by atoms with van der Waals surface area (Å²) in [5.41, 5.74) is 1.00. The van der Waals surface area contributed by atoms with Gasteiger partial charge in [-0.15, -0.1) is 0 Å². The van der Waals surface area contributed by atoms with Crippen molar-refractivity contribution in [3.8, 4) is 5.69 Å². The number of nitrogens with zero attached hydrogens (tertiary/aromatic N) is 3. The van der Waals surface area contributed by atoms with Crippen molar-refractivity contribution < 1.29 is 18.0 Å². The number of hydrogen-bond acceptors (Lipinski definition) is 3. The number of amides is 1. The van der Waals surface area contributed by atoms with Gasteiger partial charge in [0.15, 0.2) is 0 Å². The summed E-state index contributed by atoms with van der Waals surface area (Å²) in [7, 11) is 0. The van der Waals surface area contributed by atoms with Gasteiger partial charge in [-0.1, -0.05) is 18.2 Å². The molecule has 28 heavy (non-hydrogen) atoms. The first kappa shape index (κ1) is 17.7. The minimum absolute atomic E-state index is 0.00903. The van der Waals surface area contributed by atoms with Crippen LogP contribution in [-0.2, 0) is 6.54 Å². The normalized spacial score (nSPS) is 10.8. The zero-order valence-electron chi connectivity index (χ0n) is 14.6. The van der Waals surface area contributed by atoms with Gasteiger partial charge < -0.3 is 4.42 Å². The third kappa shape index (κ3) is 3.55. The second-order valence-corrected chi connectivity index (χ2v) is 6.08. The Morgan fingerprint density at radius 3 is 2.61 bits per heavy atom. The molecule has 0 bridgehead atoms. The Labute approximate surface area is 159 Å². The van der Waals surface area contributed by atoms with Crippen LogP contribution in [0.3, 0.4) is 0 Å². The Morgan fingerprint density at radius 2 is 1.89 bits per heavy atom. The lowest BCUT2D eigenvalue weighted by Gasteiger charge is -2.21. The molecule has 4 aromatic rings. The van der Waals surface area contributed by atoms with Gasteiger partial charge in [0, 0.05) is 12.3 Å². The molecular formula is C21H15F2N3O2. The van der Waals surface area contributed by atoms with E-state index >= 15 is 0 Å². The van der Waals surface area contributed by atoms with Crippen LogP contribution in [0.15, 0.2) is 83.7 Å². The van der Waals surface area contributed by atoms with E-state index in [1.54, 1.807) is 23.0 Å². The van der Waals surface area contributed by atoms with Crippen LogP contribution in [-0.4, -0.2) is 15.7 Å². The lowest BCUT2D eigenvalue weighted by atomic mass is 10.2. The number of rotatable bonds is 5. The quantitative estimate of drug-likeness (QED) is 0.510. The van der Waals surface area contributed by atoms with Crippen molar-refractivity contribution in [1.82, 2.24) is 9.78 Å². The third-order valence-corrected chi connectivity index (χ3v) is 4.19. The van der Waals surface area contributed by atoms with E-state index in [9.17, 15) is 13.6 Å². The zero-order valence-corrected chi connectivity index (χ0v) is 14.6. The zero-order chi connectivity index (χ0) is 19.5. The van der Waals surface area contributed by atoms with Crippen molar-refractivity contribution in [1.29, 1.82) is 0 Å². The molecule has 0 atom stereocenters. The molecular weight excluding hydrogens is 364 g/mol. The van der Waals surface area contributed by atoms with E-state index in [-0.39, 0.29) is 17.8 Å². The van der Waals surface area contributed by atoms with Gasteiger partial charge in [0.05, 0.1) is 35.9 Å². The molecule has 1 amide bonds. The lowest BCUT2D eigenvalue weighted by molar-refractivity contribution is 0.0982. The molecule has 2 heterocycles. The SMILES string of the molecule is O=C(c1cnn(-c2ccccc2)c1)N(Cc1ccco1)c1ccc(F)cc1F. The predicted molar refractivity (Wildman–Crippen MR) is 99.1 cm³/mol. The van der Waals surface area contributed by atoms with Crippen LogP contribution in [0.25, 0.3) is 5.69 Å². The Balaban J connectivity index is 1.70. The van der Waals surface area contributed by atoms with E-state index in [2.05, 4.69) is 5.10 Å². The Kier molecular flexibility index (Phi) is 4.72. The van der Waals surface area contributed by atoms with Gasteiger partial charge in [0.2, 0.25) is 0 Å². The summed E-state index contributed by atoms with van der Waals surface area (Å²) in [6.45, 7) is -0.00903. The lowest BCUT2D eigenvalue weighted by Crippen LogP contribution is -2.31. The minimum atomic E-state index is -0.838. The molecule has 2 aromatic carbocycles. The highest BCUT2D eigenvalue weighted by Crippen LogP contribution is 2.25. The monoisotopic (exact) mass is 379 g/mol. The van der Waals surface area contributed by atoms with E-state index in [4.69, 9.17) is 4.42 Å². The van der Waals surface area contributed by atoms with Crippen molar-refractivity contribution in [3.63, 3.8) is 0 Å². The van der Waals surface area contributed by atoms with Crippen LogP contribution in [0.4, 0.5) is 14.5 Å². The van der Waals surface area contributed by atoms with Gasteiger partial charge in [-0.3, -0.25) is 9.69 Å². The maximum atomic E-state index is 14.4. The van der Waals surface area contributed by atoms with E-state index < -0.39 is 17.5 Å². The number of anilines is 1. The standard InChI is InChI=1S/C21H15F2N3O2/c22-16-8-9-20(19(23)11-16)25(14-18-7-4-10-28-18)21(27)15-12-24-26(13-15)17-5-2-1-3-6-17/h1-13H,14H2. The molecule has 0 saturated heterocycles. The maximum absolute atomic E-state index is 14.4. The highest BCUT2D eigenvalue weighted by Gasteiger charge is 2.24. The molecule has 0 unspecified atom stereocenters. The third-order valence-electron chi connectivity index (χ3n) is 4.19. The molecule has 0 saturated carbocycles. The van der Waals surface area contributed by atoms with E-state index in [0.29, 0.717) is 5.76 Å². The molecule has 0 radical (unpaired) electrons. The molecule has 0 spiro atoms. The summed E-state index contributed by atoms with van der Waals surface area (Å²) in [5.74, 6) is -1.57. The highest BCUT2D eigenvalue weighted by molar-refractivity contribution is 6.05. The molecule has 140 valence electrons. The largest absolute Gasteiger partial charge is 0.467 e. The summed E-state index contributed by atoms with van der Waals surface area (Å²) in [6.07, 6.45) is 4.44. The number of benzene rings is 2. The number of para-hydroxylation sites is 1. The van der Waals surface area contributed by atoms with Gasteiger partial charge >= 0.3 is 0 Å². The fourth-order valence-electron chi connectivity index (χ4n) is 2.84. The molecule has 5 nitrogen and oxygen atoms in total. The van der Waals surface area contributed by atoms with Gasteiger partial charge in [0.1, 0.15) is 17.4 Å². The molecule has 7 heteroatoms. The molecule has 4 rings (SSSR count). The van der Waals surface area contributed by atoms with Crippen molar-refractivity contribution in [2.45, 2.75) is 6.54 Å². The van der Waals surface area contributed by atoms with Crippen LogP contribution < -0.4 is 4.90 Å². The van der Waals surface area contributed by atoms with E-state index in [0.717, 1.165) is 17.8 Å².